The van der Waals surface area contributed by atoms with Gasteiger partial charge in [0, 0.05) is 89.6 Å². The van der Waals surface area contributed by atoms with Crippen molar-refractivity contribution >= 4 is 35.5 Å². The smallest absolute Gasteiger partial charge is 0.475 e. The summed E-state index contributed by atoms with van der Waals surface area (Å²) in [5.74, 6) is 1.37. The Labute approximate surface area is 637 Å². The number of carbonyl (C=O) groups is 3. The van der Waals surface area contributed by atoms with Crippen LogP contribution in [0.2, 0.25) is 0 Å². The fourth-order valence-electron chi connectivity index (χ4n) is 12.6. The van der Waals surface area contributed by atoms with E-state index in [1.165, 1.54) is 66.4 Å². The fourth-order valence-corrected chi connectivity index (χ4v) is 12.6. The van der Waals surface area contributed by atoms with Crippen LogP contribution in [0, 0.1) is 27.7 Å². The third kappa shape index (κ3) is 22.4. The number of para-hydroxylation sites is 3. The molecule has 3 fully saturated rings. The van der Waals surface area contributed by atoms with Gasteiger partial charge in [0.1, 0.15) is 53.9 Å². The number of nitrogens with one attached hydrogen (secondary N) is 7. The molecule has 2 saturated heterocycles. The second-order valence-electron chi connectivity index (χ2n) is 27.0. The van der Waals surface area contributed by atoms with Crippen molar-refractivity contribution in [3.05, 3.63) is 201 Å². The first-order valence-electron chi connectivity index (χ1n) is 35.8. The molecule has 1 unspecified atom stereocenters. The topological polar surface area (TPSA) is 292 Å². The van der Waals surface area contributed by atoms with Gasteiger partial charge < -0.3 is 69.8 Å². The first-order valence-corrected chi connectivity index (χ1v) is 35.8. The fraction of sp³-hybridized carbons (Fsp3) is 0.385. The first kappa shape index (κ1) is 82.5. The van der Waals surface area contributed by atoms with E-state index in [0.29, 0.717) is 88.7 Å². The molecule has 3 atom stereocenters. The number of anilines is 3. The summed E-state index contributed by atoms with van der Waals surface area (Å²) < 4.78 is 138. The van der Waals surface area contributed by atoms with Crippen LogP contribution in [-0.2, 0) is 53.7 Å². The Balaban J connectivity index is 0.000000177. The highest BCUT2D eigenvalue weighted by atomic mass is 19.4. The molecular weight excluding hydrogens is 1460 g/mol. The predicted molar refractivity (Wildman–Crippen MR) is 402 cm³/mol. The molecular formula is C78H92F7N15O11. The van der Waals surface area contributed by atoms with E-state index in [1.807, 2.05) is 80.6 Å². The molecule has 2 aliphatic heterocycles. The van der Waals surface area contributed by atoms with E-state index >= 15 is 0 Å². The Kier molecular flexibility index (Phi) is 28.0. The second kappa shape index (κ2) is 37.6. The Morgan fingerprint density at radius 1 is 0.568 bits per heavy atom. The number of urea groups is 3. The lowest BCUT2D eigenvalue weighted by Gasteiger charge is -2.59. The van der Waals surface area contributed by atoms with Crippen LogP contribution in [0.4, 0.5) is 62.6 Å². The number of carbonyl (C=O) groups excluding carboxylic acids is 3. The van der Waals surface area contributed by atoms with Crippen molar-refractivity contribution in [1.29, 1.82) is 0 Å². The second-order valence-corrected chi connectivity index (χ2v) is 27.0. The molecule has 5 heterocycles. The normalized spacial score (nSPS) is 16.9. The first-order chi connectivity index (χ1) is 53.1. The van der Waals surface area contributed by atoms with Crippen molar-refractivity contribution in [2.75, 3.05) is 70.6 Å². The van der Waals surface area contributed by atoms with Gasteiger partial charge >= 0.3 is 30.8 Å². The van der Waals surface area contributed by atoms with Gasteiger partial charge in [0.15, 0.2) is 0 Å². The minimum absolute atomic E-state index is 0.106. The molecule has 0 bridgehead atoms. The molecule has 26 nitrogen and oxygen atoms in total. The third-order valence-corrected chi connectivity index (χ3v) is 18.6. The van der Waals surface area contributed by atoms with Crippen molar-refractivity contribution < 1.29 is 83.0 Å². The van der Waals surface area contributed by atoms with Crippen molar-refractivity contribution in [3.8, 4) is 46.2 Å². The molecule has 12 rings (SSSR count). The number of hydrogen-bond donors (Lipinski definition) is 8. The van der Waals surface area contributed by atoms with Gasteiger partial charge in [0.2, 0.25) is 17.6 Å². The van der Waals surface area contributed by atoms with Gasteiger partial charge in [-0.15, -0.1) is 41.6 Å². The van der Waals surface area contributed by atoms with Gasteiger partial charge in [-0.3, -0.25) is 16.0 Å². The zero-order chi connectivity index (χ0) is 79.6. The Morgan fingerprint density at radius 2 is 0.964 bits per heavy atom. The monoisotopic (exact) mass is 1550 g/mol. The van der Waals surface area contributed by atoms with E-state index in [-0.39, 0.29) is 80.5 Å². The van der Waals surface area contributed by atoms with Gasteiger partial charge in [0.25, 0.3) is 0 Å². The standard InChI is InChI=1S/C28H35N5O3.C26H29F4N5O4.C24H28F3N5O4/c1-19-10-11-21(18-35-4)14-22(19)17-29-27(34)30-25-20(2)26(31-33(25)23-8-6-5-7-9-23)36-24-15-28(16-24)12-13-32(28)3;1-16-23(33-25(36)32-13-18-12-17(15-37-2)8-9-21(18)39-26(28,29)30)35(19-6-4-3-5-7-19)34-24(16)38-22-10-11-31-14-20(22)27;1-15(28)13-35-22-16(2)21(32(31-22)19-7-5-4-6-8-19)30-23(33)29-12-18-11-17(14-34-3)9-10-20(18)36-24(25,26)27/h5-11,14,24H,12-13,15-18H2,1-4H3,(H2,29,30,34);3-9,12,20,22,31H,10-11,13-15H2,1-2H3,(H2,32,33,36);4-11,15H,12-14,28H2,1-3H3,(H2,29,30,33)/t;20-,22?;15-/m.10/s1. The number of rotatable bonds is 27. The minimum atomic E-state index is -4.90. The van der Waals surface area contributed by atoms with Crippen molar-refractivity contribution in [2.45, 2.75) is 142 Å². The zero-order valence-electron chi connectivity index (χ0n) is 62.9. The van der Waals surface area contributed by atoms with E-state index in [0.717, 1.165) is 47.3 Å². The average molecular weight is 1550 g/mol. The van der Waals surface area contributed by atoms with Gasteiger partial charge in [-0.1, -0.05) is 84.9 Å². The number of ether oxygens (including phenoxy) is 8. The maximum absolute atomic E-state index is 14.4. The summed E-state index contributed by atoms with van der Waals surface area (Å²) >= 11 is 0. The molecule has 33 heteroatoms. The number of aryl methyl sites for hydroxylation is 1. The van der Waals surface area contributed by atoms with Crippen LogP contribution >= 0.6 is 0 Å². The summed E-state index contributed by atoms with van der Waals surface area (Å²) in [5.41, 5.74) is 14.8. The molecule has 0 radical (unpaired) electrons. The predicted octanol–water partition coefficient (Wildman–Crippen LogP) is 13.5. The molecule has 6 aromatic carbocycles. The molecule has 1 spiro atoms. The lowest BCUT2D eigenvalue weighted by molar-refractivity contribution is -0.275. The summed E-state index contributed by atoms with van der Waals surface area (Å²) in [6, 6.07) is 40.2. The lowest BCUT2D eigenvalue weighted by atomic mass is 9.66. The summed E-state index contributed by atoms with van der Waals surface area (Å²) in [4.78, 5) is 41.1. The highest BCUT2D eigenvalue weighted by Crippen LogP contribution is 2.48. The molecule has 3 aliphatic rings. The number of benzene rings is 6. The van der Waals surface area contributed by atoms with Crippen LogP contribution < -0.4 is 66.6 Å². The Hall–Kier alpha value is -11.0. The number of amides is 6. The quantitative estimate of drug-likeness (QED) is 0.0222. The Bertz CT molecular complexity index is 4580. The maximum Gasteiger partial charge on any atom is 0.573 e. The number of aromatic nitrogens is 6. The molecule has 3 aromatic heterocycles. The van der Waals surface area contributed by atoms with Crippen LogP contribution in [-0.4, -0.2) is 150 Å². The number of nitrogens with zero attached hydrogens (tertiary/aromatic N) is 7. The molecule has 111 heavy (non-hydrogen) atoms. The van der Waals surface area contributed by atoms with E-state index in [2.05, 4.69) is 74.9 Å². The Morgan fingerprint density at radius 3 is 1.35 bits per heavy atom. The number of hydrogen-bond acceptors (Lipinski definition) is 17. The summed E-state index contributed by atoms with van der Waals surface area (Å²) in [7, 11) is 6.79. The highest BCUT2D eigenvalue weighted by Gasteiger charge is 2.53. The lowest BCUT2D eigenvalue weighted by Crippen LogP contribution is -2.67. The summed E-state index contributed by atoms with van der Waals surface area (Å²) in [6.45, 7) is 12.1. The van der Waals surface area contributed by atoms with Crippen molar-refractivity contribution in [3.63, 3.8) is 0 Å². The van der Waals surface area contributed by atoms with Crippen molar-refractivity contribution in [1.82, 2.24) is 55.5 Å². The van der Waals surface area contributed by atoms with Gasteiger partial charge in [0.05, 0.1) is 53.6 Å². The minimum Gasteiger partial charge on any atom is -0.475 e. The number of nitrogens with two attached hydrogens (primary N) is 1. The number of halogens is 7. The van der Waals surface area contributed by atoms with E-state index < -0.39 is 48.6 Å². The van der Waals surface area contributed by atoms with Crippen LogP contribution in [0.5, 0.6) is 29.1 Å². The van der Waals surface area contributed by atoms with E-state index in [9.17, 15) is 45.1 Å². The van der Waals surface area contributed by atoms with Gasteiger partial charge in [-0.25, -0.2) is 32.8 Å². The largest absolute Gasteiger partial charge is 0.573 e. The number of piperidine rings is 1. The third-order valence-electron chi connectivity index (χ3n) is 18.6. The van der Waals surface area contributed by atoms with Crippen LogP contribution in [0.1, 0.15) is 88.2 Å². The number of methoxy groups -OCH3 is 3. The number of likely N-dealkylation sites (tertiary alicyclic amines) is 1. The van der Waals surface area contributed by atoms with Crippen LogP contribution in [0.15, 0.2) is 146 Å². The molecule has 9 aromatic rings. The SMILES string of the molecule is COCc1ccc(C)c(CNC(=O)Nc2c(C)c(OC3CC4(CCN4C)C3)nn2-c2ccccc2)c1.COCc1ccc(OC(F)(F)F)c(CNC(=O)Nc2c(C)c(OC3CCNC[C@H]3F)nn2-c2ccccc2)c1.COCc1ccc(OC(F)(F)F)c(CNC(=O)Nc2c(C)c(OC[C@H](C)N)nn2-c2ccccc2)c1. The summed E-state index contributed by atoms with van der Waals surface area (Å²) in [5, 5.41) is 33.2. The van der Waals surface area contributed by atoms with E-state index in [1.54, 1.807) is 69.0 Å². The van der Waals surface area contributed by atoms with Gasteiger partial charge in [-0.2, -0.15) is 0 Å². The van der Waals surface area contributed by atoms with Gasteiger partial charge in [-0.05, 0) is 150 Å². The highest BCUT2D eigenvalue weighted by molar-refractivity contribution is 5.91. The molecule has 1 saturated carbocycles. The van der Waals surface area contributed by atoms with Crippen LogP contribution in [0.25, 0.3) is 17.1 Å². The van der Waals surface area contributed by atoms with Crippen molar-refractivity contribution in [2.24, 2.45) is 5.73 Å². The van der Waals surface area contributed by atoms with Crippen LogP contribution in [0.3, 0.4) is 0 Å². The van der Waals surface area contributed by atoms with E-state index in [4.69, 9.17) is 39.3 Å². The molecule has 594 valence electrons. The maximum atomic E-state index is 14.4. The summed E-state index contributed by atoms with van der Waals surface area (Å²) in [6.07, 6.45) is -7.82. The molecule has 1 aliphatic carbocycles. The zero-order valence-corrected chi connectivity index (χ0v) is 62.9. The molecule has 6 amide bonds. The number of alkyl halides is 7. The molecule has 9 N–H and O–H groups in total. The average Bonchev–Trinajstić information content (AvgIpc) is 1.37.